The largest absolute Gasteiger partial charge is 0.405 e. The van der Waals surface area contributed by atoms with E-state index < -0.39 is 29.6 Å². The van der Waals surface area contributed by atoms with Gasteiger partial charge >= 0.3 is 0 Å². The number of hydrogen-bond donors (Lipinski definition) is 2. The first-order valence-corrected chi connectivity index (χ1v) is 4.81. The van der Waals surface area contributed by atoms with E-state index in [0.29, 0.717) is 0 Å². The van der Waals surface area contributed by atoms with Gasteiger partial charge < -0.3 is 37.5 Å². The third-order valence-electron chi connectivity index (χ3n) is 0. The number of hydrogen-bond acceptors (Lipinski definition) is 6. The van der Waals surface area contributed by atoms with Gasteiger partial charge in [0.2, 0.25) is 29.6 Å². The summed E-state index contributed by atoms with van der Waals surface area (Å²) in [6.07, 6.45) is 0. The quantitative estimate of drug-likeness (QED) is 0.442. The summed E-state index contributed by atoms with van der Waals surface area (Å²) in [7, 11) is 0. The smallest absolute Gasteiger partial charge is 0.216 e. The average molecular weight is 292 g/mol. The molecular weight excluding hydrogens is 284 g/mol. The Morgan fingerprint density at radius 3 is 0.500 bits per heavy atom. The zero-order valence-electron chi connectivity index (χ0n) is 5.21. The molecule has 0 saturated carbocycles. The van der Waals surface area contributed by atoms with Crippen molar-refractivity contribution in [2.75, 3.05) is 0 Å². The van der Waals surface area contributed by atoms with Gasteiger partial charge in [0.1, 0.15) is 0 Å². The van der Waals surface area contributed by atoms with Crippen molar-refractivity contribution in [3.8, 4) is 0 Å². The van der Waals surface area contributed by atoms with E-state index in [2.05, 4.69) is 0 Å². The van der Waals surface area contributed by atoms with Crippen LogP contribution in [0.25, 0.3) is 0 Å². The van der Waals surface area contributed by atoms with Crippen LogP contribution in [0.5, 0.6) is 0 Å². The van der Waals surface area contributed by atoms with E-state index in [1.807, 2.05) is 0 Å². The number of quaternary nitrogens is 2. The lowest BCUT2D eigenvalue weighted by Crippen LogP contribution is -2.43. The summed E-state index contributed by atoms with van der Waals surface area (Å²) in [5, 5.41) is 0. The van der Waals surface area contributed by atoms with Crippen LogP contribution in [0.15, 0.2) is 0 Å². The van der Waals surface area contributed by atoms with Crippen molar-refractivity contribution < 1.29 is 54.8 Å². The Hall–Kier alpha value is 0.640. The van der Waals surface area contributed by atoms with Crippen LogP contribution in [0.1, 0.15) is 0 Å². The van der Waals surface area contributed by atoms with Gasteiger partial charge in [0, 0.05) is 0 Å². The molecule has 0 bridgehead atoms. The van der Waals surface area contributed by atoms with Gasteiger partial charge in [-0.1, -0.05) is 0 Å². The molecule has 0 rings (SSSR count). The lowest BCUT2D eigenvalue weighted by atomic mass is 14.0. The van der Waals surface area contributed by atoms with Crippen LogP contribution in [0, 0.1) is 29.6 Å². The van der Waals surface area contributed by atoms with Crippen molar-refractivity contribution in [2.24, 2.45) is 0 Å². The molecule has 0 aromatic heterocycles. The summed E-state index contributed by atoms with van der Waals surface area (Å²) in [6, 6.07) is 0. The fourth-order valence-corrected chi connectivity index (χ4v) is 0. The summed E-state index contributed by atoms with van der Waals surface area (Å²) in [6.45, 7) is 0. The summed E-state index contributed by atoms with van der Waals surface area (Å²) in [5.41, 5.74) is 0. The highest BCUT2D eigenvalue weighted by Crippen LogP contribution is 1.24. The van der Waals surface area contributed by atoms with Gasteiger partial charge in [-0.3, -0.25) is 0 Å². The molecule has 0 amide bonds. The molecule has 0 atom stereocenters. The molecule has 8 N–H and O–H groups in total. The molecule has 0 radical (unpaired) electrons. The molecular formula is H8Br2N2O6. The topological polar surface area (TPSA) is 211 Å². The molecule has 68 valence electrons. The first kappa shape index (κ1) is 22.4. The Kier molecular flexibility index (Phi) is 36.6. The third kappa shape index (κ3) is 1230. The minimum atomic E-state index is -3.65. The van der Waals surface area contributed by atoms with Crippen molar-refractivity contribution in [3.63, 3.8) is 0 Å². The van der Waals surface area contributed by atoms with Crippen LogP contribution in [-0.2, 0) is 0 Å². The summed E-state index contributed by atoms with van der Waals surface area (Å²) >= 11 is -7.29. The lowest BCUT2D eigenvalue weighted by Gasteiger charge is -1.85. The molecule has 0 aliphatic heterocycles. The first-order valence-electron chi connectivity index (χ1n) is 0.926. The van der Waals surface area contributed by atoms with Gasteiger partial charge in [-0.2, -0.15) is 0 Å². The Balaban J connectivity index is -0.0000000300. The highest BCUT2D eigenvalue weighted by molar-refractivity contribution is 2.14. The highest BCUT2D eigenvalue weighted by Gasteiger charge is 1.67. The van der Waals surface area contributed by atoms with Gasteiger partial charge in [-0.25, -0.2) is 0 Å². The maximum absolute atomic E-state index is 8.52. The van der Waals surface area contributed by atoms with Crippen LogP contribution in [0.4, 0.5) is 0 Å². The second kappa shape index (κ2) is 16.3. The van der Waals surface area contributed by atoms with E-state index in [4.69, 9.17) is 25.2 Å². The monoisotopic (exact) mass is 290 g/mol. The summed E-state index contributed by atoms with van der Waals surface area (Å²) in [5.74, 6) is 0. The normalized spacial score (nSPS) is 7.20. The maximum atomic E-state index is 8.52. The van der Waals surface area contributed by atoms with Crippen molar-refractivity contribution >= 4 is 0 Å². The zero-order valence-corrected chi connectivity index (χ0v) is 8.38. The van der Waals surface area contributed by atoms with Crippen LogP contribution < -0.4 is 37.5 Å². The van der Waals surface area contributed by atoms with Crippen LogP contribution in [-0.4, -0.2) is 0 Å². The van der Waals surface area contributed by atoms with E-state index in [9.17, 15) is 0 Å². The Labute approximate surface area is 67.5 Å². The fraction of sp³-hybridized carbons (Fsp3) is 0. The van der Waals surface area contributed by atoms with Gasteiger partial charge in [0.05, 0.1) is 0 Å². The van der Waals surface area contributed by atoms with E-state index >= 15 is 0 Å². The number of rotatable bonds is 0. The second-order valence-electron chi connectivity index (χ2n) is 0.378. The third-order valence-corrected chi connectivity index (χ3v) is 0. The Morgan fingerprint density at radius 2 is 0.500 bits per heavy atom. The van der Waals surface area contributed by atoms with Gasteiger partial charge in [0.25, 0.3) is 0 Å². The lowest BCUT2D eigenvalue weighted by molar-refractivity contribution is -1.73. The van der Waals surface area contributed by atoms with E-state index in [1.54, 1.807) is 0 Å². The molecule has 10 heteroatoms. The van der Waals surface area contributed by atoms with Crippen molar-refractivity contribution in [1.82, 2.24) is 12.3 Å². The van der Waals surface area contributed by atoms with E-state index in [-0.39, 0.29) is 12.3 Å². The molecule has 0 aliphatic carbocycles. The molecule has 0 unspecified atom stereocenters. The maximum Gasteiger partial charge on any atom is 0.216 e. The standard InChI is InChI=1S/2BrO3.2H3N/c2*2-1(3)4;;/h;;2*1H3/q2*-1;;/p+2. The molecule has 0 spiro atoms. The fourth-order valence-electron chi connectivity index (χ4n) is 0. The van der Waals surface area contributed by atoms with Gasteiger partial charge in [0.15, 0.2) is 0 Å². The van der Waals surface area contributed by atoms with Crippen molar-refractivity contribution in [3.05, 3.63) is 0 Å². The molecule has 0 heterocycles. The minimum absolute atomic E-state index is 0. The highest BCUT2D eigenvalue weighted by atomic mass is 80.0. The molecule has 0 aromatic carbocycles. The molecule has 0 saturated heterocycles. The van der Waals surface area contributed by atoms with Gasteiger partial charge in [-0.15, -0.1) is 0 Å². The first-order chi connectivity index (χ1) is 3.46. The molecule has 0 aliphatic rings. The second-order valence-corrected chi connectivity index (χ2v) is 1.96. The average Bonchev–Trinajstić information content (AvgIpc) is 1.25. The Morgan fingerprint density at radius 1 is 0.500 bits per heavy atom. The Bertz CT molecular complexity index is 29.2. The molecule has 0 aromatic rings. The predicted octanol–water partition coefficient (Wildman–Crippen LogP) is -6.38. The SMILES string of the molecule is [NH4+].[NH4+].[O-][Br+2]([O-])[O-].[O-][Br+2]([O-])[O-]. The number of halogens is 2. The van der Waals surface area contributed by atoms with Crippen LogP contribution >= 0.6 is 0 Å². The van der Waals surface area contributed by atoms with Gasteiger partial charge in [-0.05, 0) is 0 Å². The van der Waals surface area contributed by atoms with Crippen LogP contribution in [0.3, 0.4) is 0 Å². The van der Waals surface area contributed by atoms with E-state index in [0.717, 1.165) is 0 Å². The van der Waals surface area contributed by atoms with E-state index in [1.165, 1.54) is 0 Å². The molecule has 10 heavy (non-hydrogen) atoms. The zero-order chi connectivity index (χ0) is 7.15. The van der Waals surface area contributed by atoms with Crippen LogP contribution in [0.2, 0.25) is 0 Å². The molecule has 0 fully saturated rings. The minimum Gasteiger partial charge on any atom is -0.405 e. The van der Waals surface area contributed by atoms with Crippen molar-refractivity contribution in [1.29, 1.82) is 0 Å². The van der Waals surface area contributed by atoms with Crippen molar-refractivity contribution in [2.45, 2.75) is 0 Å². The predicted molar refractivity (Wildman–Crippen MR) is 12.0 cm³/mol. The summed E-state index contributed by atoms with van der Waals surface area (Å²) in [4.78, 5) is 0. The summed E-state index contributed by atoms with van der Waals surface area (Å²) < 4.78 is 51.1. The molecule has 8 nitrogen and oxygen atoms in total.